The Hall–Kier alpha value is -2.24. The molecule has 0 unspecified atom stereocenters. The molecule has 0 saturated carbocycles. The van der Waals surface area contributed by atoms with Crippen molar-refractivity contribution < 1.29 is 14.6 Å². The summed E-state index contributed by atoms with van der Waals surface area (Å²) < 4.78 is 5.18. The average Bonchev–Trinajstić information content (AvgIpc) is 2.50. The number of hydrazone groups is 1. The summed E-state index contributed by atoms with van der Waals surface area (Å²) in [6.45, 7) is -0.412. The maximum atomic E-state index is 10.5. The first-order chi connectivity index (χ1) is 10.6. The number of ether oxygens (including phenoxy) is 1. The van der Waals surface area contributed by atoms with Crippen LogP contribution in [0.3, 0.4) is 0 Å². The van der Waals surface area contributed by atoms with Gasteiger partial charge in [0, 0.05) is 5.56 Å². The molecule has 5 nitrogen and oxygen atoms in total. The number of anilines is 1. The highest BCUT2D eigenvalue weighted by molar-refractivity contribution is 6.42. The summed E-state index contributed by atoms with van der Waals surface area (Å²) in [5, 5.41) is 13.6. The van der Waals surface area contributed by atoms with Crippen molar-refractivity contribution >= 4 is 41.1 Å². The van der Waals surface area contributed by atoms with Crippen LogP contribution in [0.25, 0.3) is 0 Å². The van der Waals surface area contributed by atoms with Crippen molar-refractivity contribution in [3.05, 3.63) is 58.1 Å². The van der Waals surface area contributed by atoms with Crippen molar-refractivity contribution in [3.63, 3.8) is 0 Å². The van der Waals surface area contributed by atoms with Crippen LogP contribution in [0.4, 0.5) is 5.69 Å². The normalized spacial score (nSPS) is 10.6. The molecule has 0 fully saturated rings. The summed E-state index contributed by atoms with van der Waals surface area (Å²) in [5.74, 6) is -0.606. The zero-order valence-electron chi connectivity index (χ0n) is 11.3. The number of hydrogen-bond donors (Lipinski definition) is 2. The van der Waals surface area contributed by atoms with Gasteiger partial charge < -0.3 is 9.84 Å². The molecule has 0 bridgehead atoms. The molecule has 0 aliphatic rings. The number of nitrogens with zero attached hydrogens (tertiary/aromatic N) is 1. The highest BCUT2D eigenvalue weighted by atomic mass is 35.5. The summed E-state index contributed by atoms with van der Waals surface area (Å²) in [4.78, 5) is 10.5. The maximum absolute atomic E-state index is 10.5. The summed E-state index contributed by atoms with van der Waals surface area (Å²) in [6, 6.07) is 12.0. The molecule has 0 aliphatic heterocycles. The lowest BCUT2D eigenvalue weighted by Gasteiger charge is -2.06. The van der Waals surface area contributed by atoms with Crippen molar-refractivity contribution in [3.8, 4) is 5.75 Å². The molecule has 2 N–H and O–H groups in total. The number of carbonyl (C=O) groups is 1. The third-order valence-corrected chi connectivity index (χ3v) is 3.33. The van der Waals surface area contributed by atoms with Crippen LogP contribution in [0.1, 0.15) is 5.56 Å². The lowest BCUT2D eigenvalue weighted by Crippen LogP contribution is -2.10. The fraction of sp³-hybridized carbons (Fsp3) is 0.0667. The molecular formula is C15H12Cl2N2O3. The monoisotopic (exact) mass is 338 g/mol. The molecule has 0 amide bonds. The van der Waals surface area contributed by atoms with Crippen molar-refractivity contribution in [2.45, 2.75) is 0 Å². The van der Waals surface area contributed by atoms with Crippen LogP contribution in [-0.2, 0) is 4.79 Å². The quantitative estimate of drug-likeness (QED) is 0.618. The minimum absolute atomic E-state index is 0.412. The zero-order chi connectivity index (χ0) is 15.9. The lowest BCUT2D eigenvalue weighted by atomic mass is 10.2. The zero-order valence-corrected chi connectivity index (χ0v) is 12.8. The van der Waals surface area contributed by atoms with Gasteiger partial charge in [0.1, 0.15) is 5.75 Å². The van der Waals surface area contributed by atoms with Gasteiger partial charge in [-0.15, -0.1) is 0 Å². The predicted octanol–water partition coefficient (Wildman–Crippen LogP) is 3.90. The molecule has 0 aromatic heterocycles. The molecule has 2 rings (SSSR count). The van der Waals surface area contributed by atoms with E-state index >= 15 is 0 Å². The van der Waals surface area contributed by atoms with Crippen molar-refractivity contribution in [2.75, 3.05) is 12.0 Å². The van der Waals surface area contributed by atoms with E-state index in [1.807, 2.05) is 0 Å². The molecular weight excluding hydrogens is 327 g/mol. The maximum Gasteiger partial charge on any atom is 0.341 e. The third kappa shape index (κ3) is 4.65. The number of rotatable bonds is 6. The Morgan fingerprint density at radius 3 is 2.73 bits per heavy atom. The van der Waals surface area contributed by atoms with Crippen LogP contribution in [0.2, 0.25) is 10.0 Å². The Morgan fingerprint density at radius 1 is 1.23 bits per heavy atom. The van der Waals surface area contributed by atoms with E-state index in [4.69, 9.17) is 33.0 Å². The number of nitrogens with one attached hydrogen (secondary N) is 1. The standard InChI is InChI=1S/C15H12Cl2N2O3/c16-12-6-5-11(7-13(12)17)19-18-8-10-3-1-2-4-14(10)22-9-15(20)21/h1-8,19H,9H2,(H,20,21)/b18-8-. The second kappa shape index (κ2) is 7.68. The second-order valence-electron chi connectivity index (χ2n) is 4.22. The van der Waals surface area contributed by atoms with Crippen LogP contribution >= 0.6 is 23.2 Å². The van der Waals surface area contributed by atoms with E-state index in [-0.39, 0.29) is 0 Å². The molecule has 2 aromatic carbocycles. The van der Waals surface area contributed by atoms with Crippen LogP contribution in [0, 0.1) is 0 Å². The fourth-order valence-electron chi connectivity index (χ4n) is 1.60. The number of carboxylic acid groups (broad SMARTS) is 1. The Balaban J connectivity index is 2.06. The van der Waals surface area contributed by atoms with E-state index in [1.54, 1.807) is 42.5 Å². The van der Waals surface area contributed by atoms with Gasteiger partial charge in [-0.25, -0.2) is 4.79 Å². The summed E-state index contributed by atoms with van der Waals surface area (Å²) >= 11 is 11.7. The molecule has 0 saturated heterocycles. The summed E-state index contributed by atoms with van der Waals surface area (Å²) in [7, 11) is 0. The SMILES string of the molecule is O=C(O)COc1ccccc1/C=N\Nc1ccc(Cl)c(Cl)c1. The van der Waals surface area contributed by atoms with E-state index in [9.17, 15) is 4.79 Å². The first-order valence-electron chi connectivity index (χ1n) is 6.24. The Kier molecular flexibility index (Phi) is 5.63. The van der Waals surface area contributed by atoms with Gasteiger partial charge in [-0.3, -0.25) is 5.43 Å². The van der Waals surface area contributed by atoms with Gasteiger partial charge in [0.2, 0.25) is 0 Å². The highest BCUT2D eigenvalue weighted by Gasteiger charge is 2.03. The van der Waals surface area contributed by atoms with Gasteiger partial charge in [0.25, 0.3) is 0 Å². The number of hydrogen-bond acceptors (Lipinski definition) is 4. The van der Waals surface area contributed by atoms with Gasteiger partial charge in [-0.1, -0.05) is 35.3 Å². The highest BCUT2D eigenvalue weighted by Crippen LogP contribution is 2.25. The minimum Gasteiger partial charge on any atom is -0.481 e. The molecule has 2 aromatic rings. The lowest BCUT2D eigenvalue weighted by molar-refractivity contribution is -0.139. The summed E-state index contributed by atoms with van der Waals surface area (Å²) in [5.41, 5.74) is 4.13. The van der Waals surface area contributed by atoms with Crippen molar-refractivity contribution in [2.24, 2.45) is 5.10 Å². The van der Waals surface area contributed by atoms with Gasteiger partial charge >= 0.3 is 5.97 Å². The molecule has 22 heavy (non-hydrogen) atoms. The Bertz CT molecular complexity index is 705. The number of benzene rings is 2. The number of halogens is 2. The van der Waals surface area contributed by atoms with Gasteiger partial charge in [-0.2, -0.15) is 5.10 Å². The largest absolute Gasteiger partial charge is 0.481 e. The van der Waals surface area contributed by atoms with Crippen molar-refractivity contribution in [1.82, 2.24) is 0 Å². The molecule has 0 spiro atoms. The number of aliphatic carboxylic acids is 1. The van der Waals surface area contributed by atoms with Crippen LogP contribution in [0.15, 0.2) is 47.6 Å². The minimum atomic E-state index is -1.04. The second-order valence-corrected chi connectivity index (χ2v) is 5.03. The van der Waals surface area contributed by atoms with E-state index in [1.165, 1.54) is 6.21 Å². The average molecular weight is 339 g/mol. The number of para-hydroxylation sites is 1. The molecule has 0 aliphatic carbocycles. The molecule has 0 heterocycles. The topological polar surface area (TPSA) is 70.9 Å². The van der Waals surface area contributed by atoms with Crippen molar-refractivity contribution in [1.29, 1.82) is 0 Å². The number of carboxylic acids is 1. The van der Waals surface area contributed by atoms with Gasteiger partial charge in [-0.05, 0) is 30.3 Å². The molecule has 114 valence electrons. The van der Waals surface area contributed by atoms with E-state index in [2.05, 4.69) is 10.5 Å². The van der Waals surface area contributed by atoms with E-state index in [0.717, 1.165) is 0 Å². The fourth-order valence-corrected chi connectivity index (χ4v) is 1.90. The van der Waals surface area contributed by atoms with E-state index in [0.29, 0.717) is 27.0 Å². The Labute approximate surface area is 137 Å². The molecule has 7 heteroatoms. The van der Waals surface area contributed by atoms with Gasteiger partial charge in [0.15, 0.2) is 6.61 Å². The van der Waals surface area contributed by atoms with Crippen LogP contribution < -0.4 is 10.2 Å². The molecule has 0 radical (unpaired) electrons. The first kappa shape index (κ1) is 16.1. The van der Waals surface area contributed by atoms with Gasteiger partial charge in [0.05, 0.1) is 21.9 Å². The molecule has 0 atom stereocenters. The van der Waals surface area contributed by atoms with E-state index < -0.39 is 12.6 Å². The van der Waals surface area contributed by atoms with Crippen LogP contribution in [0.5, 0.6) is 5.75 Å². The van der Waals surface area contributed by atoms with Crippen LogP contribution in [-0.4, -0.2) is 23.9 Å². The Morgan fingerprint density at radius 2 is 2.00 bits per heavy atom. The smallest absolute Gasteiger partial charge is 0.341 e. The third-order valence-electron chi connectivity index (χ3n) is 2.59. The first-order valence-corrected chi connectivity index (χ1v) is 6.99. The summed E-state index contributed by atoms with van der Waals surface area (Å²) in [6.07, 6.45) is 1.53. The predicted molar refractivity (Wildman–Crippen MR) is 87.3 cm³/mol.